The number of amides is 1. The smallest absolute Gasteiger partial charge is 0.369 e. The molecule has 1 aromatic rings. The largest absolute Gasteiger partial charge is 0.416 e. The van der Waals surface area contributed by atoms with Crippen LogP contribution in [0, 0.1) is 12.3 Å². The number of halogens is 3. The highest BCUT2D eigenvalue weighted by molar-refractivity contribution is 5.76. The van der Waals surface area contributed by atoms with Gasteiger partial charge in [-0.2, -0.15) is 23.4 Å². The van der Waals surface area contributed by atoms with Crippen LogP contribution in [-0.4, -0.2) is 30.7 Å². The van der Waals surface area contributed by atoms with E-state index < -0.39 is 17.4 Å². The Balaban J connectivity index is 1.44. The molecule has 1 N–H and O–H groups in total. The van der Waals surface area contributed by atoms with E-state index in [1.807, 2.05) is 4.90 Å². The Morgan fingerprint density at radius 3 is 2.59 bits per heavy atom. The van der Waals surface area contributed by atoms with Gasteiger partial charge >= 0.3 is 6.18 Å². The number of alkyl halides is 3. The Bertz CT molecular complexity index is 746. The van der Waals surface area contributed by atoms with Gasteiger partial charge in [-0.25, -0.2) is 0 Å². The molecule has 144 valence electrons. The molecule has 1 fully saturated rings. The first-order chi connectivity index (χ1) is 12.8. The third-order valence-corrected chi connectivity index (χ3v) is 4.92. The standard InChI is InChI=1S/C19H21F3N4O/c1-2-3-10-18(24-25-18)11-8-17(27)23-15-9-12-26(13-15)16-6-4-14(5-7-16)19(20,21)22/h1,4-7,15H,3,8-13H2,(H,23,27). The van der Waals surface area contributed by atoms with E-state index in [0.717, 1.165) is 24.2 Å². The lowest BCUT2D eigenvalue weighted by Gasteiger charge is -2.20. The van der Waals surface area contributed by atoms with Crippen LogP contribution in [0.3, 0.4) is 0 Å². The molecule has 0 bridgehead atoms. The number of benzene rings is 1. The van der Waals surface area contributed by atoms with Crippen molar-refractivity contribution in [2.45, 2.75) is 50.0 Å². The number of nitrogens with one attached hydrogen (secondary N) is 1. The molecule has 8 heteroatoms. The zero-order valence-electron chi connectivity index (χ0n) is 14.8. The molecule has 0 saturated carbocycles. The summed E-state index contributed by atoms with van der Waals surface area (Å²) in [6.45, 7) is 1.27. The second kappa shape index (κ2) is 7.59. The normalized spacial score (nSPS) is 20.4. The summed E-state index contributed by atoms with van der Waals surface area (Å²) in [7, 11) is 0. The van der Waals surface area contributed by atoms with Crippen LogP contribution in [-0.2, 0) is 11.0 Å². The maximum absolute atomic E-state index is 12.6. The van der Waals surface area contributed by atoms with E-state index in [1.165, 1.54) is 12.1 Å². The summed E-state index contributed by atoms with van der Waals surface area (Å²) >= 11 is 0. The molecular formula is C19H21F3N4O. The second-order valence-electron chi connectivity index (χ2n) is 6.93. The van der Waals surface area contributed by atoms with E-state index in [-0.39, 0.29) is 11.9 Å². The zero-order chi connectivity index (χ0) is 19.5. The Morgan fingerprint density at radius 2 is 2.00 bits per heavy atom. The molecule has 2 aliphatic rings. The SMILES string of the molecule is C#CCCC1(CCC(=O)NC2CCN(c3ccc(C(F)(F)F)cc3)C2)N=N1. The molecule has 0 aromatic heterocycles. The molecule has 0 radical (unpaired) electrons. The summed E-state index contributed by atoms with van der Waals surface area (Å²) < 4.78 is 37.9. The second-order valence-corrected chi connectivity index (χ2v) is 6.93. The molecule has 5 nitrogen and oxygen atoms in total. The number of rotatable bonds is 7. The molecule has 2 heterocycles. The van der Waals surface area contributed by atoms with Gasteiger partial charge in [-0.1, -0.05) is 0 Å². The van der Waals surface area contributed by atoms with Crippen LogP contribution < -0.4 is 10.2 Å². The first-order valence-electron chi connectivity index (χ1n) is 8.90. The van der Waals surface area contributed by atoms with Gasteiger partial charge in [0.1, 0.15) is 0 Å². The summed E-state index contributed by atoms with van der Waals surface area (Å²) in [6.07, 6.45) is 3.79. The van der Waals surface area contributed by atoms with Gasteiger partial charge in [-0.15, -0.1) is 12.3 Å². The molecule has 1 saturated heterocycles. The Hall–Kier alpha value is -2.56. The lowest BCUT2D eigenvalue weighted by atomic mass is 10.0. The van der Waals surface area contributed by atoms with E-state index in [2.05, 4.69) is 21.5 Å². The van der Waals surface area contributed by atoms with E-state index in [4.69, 9.17) is 6.42 Å². The van der Waals surface area contributed by atoms with Gasteiger partial charge in [0.2, 0.25) is 5.91 Å². The first kappa shape index (κ1) is 19.2. The van der Waals surface area contributed by atoms with Gasteiger partial charge in [0.15, 0.2) is 5.66 Å². The van der Waals surface area contributed by atoms with Crippen LogP contribution in [0.25, 0.3) is 0 Å². The summed E-state index contributed by atoms with van der Waals surface area (Å²) in [5.41, 5.74) is -0.403. The lowest BCUT2D eigenvalue weighted by Crippen LogP contribution is -2.37. The highest BCUT2D eigenvalue weighted by Gasteiger charge is 2.39. The fourth-order valence-electron chi connectivity index (χ4n) is 3.26. The molecule has 1 amide bonds. The minimum Gasteiger partial charge on any atom is -0.369 e. The van der Waals surface area contributed by atoms with Crippen LogP contribution in [0.5, 0.6) is 0 Å². The van der Waals surface area contributed by atoms with Crippen molar-refractivity contribution in [3.05, 3.63) is 29.8 Å². The molecule has 3 rings (SSSR count). The predicted octanol–water partition coefficient (Wildman–Crippen LogP) is 3.76. The van der Waals surface area contributed by atoms with Gasteiger partial charge < -0.3 is 10.2 Å². The molecule has 2 aliphatic heterocycles. The van der Waals surface area contributed by atoms with E-state index in [0.29, 0.717) is 38.8 Å². The summed E-state index contributed by atoms with van der Waals surface area (Å²) in [4.78, 5) is 14.1. The molecule has 0 spiro atoms. The maximum Gasteiger partial charge on any atom is 0.416 e. The molecule has 1 unspecified atom stereocenters. The minimum absolute atomic E-state index is 0.0190. The van der Waals surface area contributed by atoms with Crippen molar-refractivity contribution >= 4 is 11.6 Å². The average molecular weight is 378 g/mol. The highest BCUT2D eigenvalue weighted by atomic mass is 19.4. The third-order valence-electron chi connectivity index (χ3n) is 4.92. The number of terminal acetylenes is 1. The lowest BCUT2D eigenvalue weighted by molar-refractivity contribution is -0.137. The summed E-state index contributed by atoms with van der Waals surface area (Å²) in [5, 5.41) is 11.0. The van der Waals surface area contributed by atoms with Crippen LogP contribution >= 0.6 is 0 Å². The molecule has 1 atom stereocenters. The van der Waals surface area contributed by atoms with E-state index in [9.17, 15) is 18.0 Å². The molecular weight excluding hydrogens is 357 g/mol. The van der Waals surface area contributed by atoms with Crippen LogP contribution in [0.2, 0.25) is 0 Å². The van der Waals surface area contributed by atoms with Crippen molar-refractivity contribution < 1.29 is 18.0 Å². The van der Waals surface area contributed by atoms with Crippen molar-refractivity contribution in [3.63, 3.8) is 0 Å². The van der Waals surface area contributed by atoms with E-state index >= 15 is 0 Å². The van der Waals surface area contributed by atoms with Gasteiger partial charge in [-0.05, 0) is 30.7 Å². The fourth-order valence-corrected chi connectivity index (χ4v) is 3.26. The fraction of sp³-hybridized carbons (Fsp3) is 0.526. The average Bonchev–Trinajstić information content (AvgIpc) is 3.26. The number of nitrogens with zero attached hydrogens (tertiary/aromatic N) is 3. The summed E-state index contributed by atoms with van der Waals surface area (Å²) in [5.74, 6) is 2.49. The Labute approximate surface area is 156 Å². The number of carbonyl (C=O) groups excluding carboxylic acids is 1. The van der Waals surface area contributed by atoms with Crippen molar-refractivity contribution in [2.24, 2.45) is 10.2 Å². The van der Waals surface area contributed by atoms with Crippen LogP contribution in [0.4, 0.5) is 18.9 Å². The molecule has 27 heavy (non-hydrogen) atoms. The van der Waals surface area contributed by atoms with Gasteiger partial charge in [0, 0.05) is 50.5 Å². The maximum atomic E-state index is 12.6. The van der Waals surface area contributed by atoms with Gasteiger partial charge in [-0.3, -0.25) is 4.79 Å². The predicted molar refractivity (Wildman–Crippen MR) is 95.1 cm³/mol. The first-order valence-corrected chi connectivity index (χ1v) is 8.90. The zero-order valence-corrected chi connectivity index (χ0v) is 14.8. The van der Waals surface area contributed by atoms with Gasteiger partial charge in [0.05, 0.1) is 5.56 Å². The van der Waals surface area contributed by atoms with Crippen LogP contribution in [0.1, 0.15) is 37.7 Å². The quantitative estimate of drug-likeness (QED) is 0.735. The number of carbonyl (C=O) groups is 1. The highest BCUT2D eigenvalue weighted by Crippen LogP contribution is 2.37. The van der Waals surface area contributed by atoms with E-state index in [1.54, 1.807) is 0 Å². The monoisotopic (exact) mass is 378 g/mol. The molecule has 1 aromatic carbocycles. The van der Waals surface area contributed by atoms with Crippen molar-refractivity contribution in [1.82, 2.24) is 5.32 Å². The molecule has 0 aliphatic carbocycles. The Morgan fingerprint density at radius 1 is 1.30 bits per heavy atom. The van der Waals surface area contributed by atoms with Crippen LogP contribution in [0.15, 0.2) is 34.5 Å². The number of hydrogen-bond acceptors (Lipinski definition) is 4. The third kappa shape index (κ3) is 5.00. The number of anilines is 1. The Kier molecular flexibility index (Phi) is 5.40. The van der Waals surface area contributed by atoms with Crippen molar-refractivity contribution in [2.75, 3.05) is 18.0 Å². The van der Waals surface area contributed by atoms with Crippen molar-refractivity contribution in [3.8, 4) is 12.3 Å². The summed E-state index contributed by atoms with van der Waals surface area (Å²) in [6, 6.07) is 5.09. The van der Waals surface area contributed by atoms with Gasteiger partial charge in [0.25, 0.3) is 0 Å². The topological polar surface area (TPSA) is 57.1 Å². The minimum atomic E-state index is -4.34. The van der Waals surface area contributed by atoms with Crippen molar-refractivity contribution in [1.29, 1.82) is 0 Å². The number of hydrogen-bond donors (Lipinski definition) is 1.